The first kappa shape index (κ1) is 24.3. The van der Waals surface area contributed by atoms with E-state index in [-0.39, 0.29) is 24.6 Å². The van der Waals surface area contributed by atoms with Crippen molar-refractivity contribution in [3.63, 3.8) is 0 Å². The SMILES string of the molecule is COC(=O)N1c2ccc3c(nc(C[C@H](C(=O)O)c4ccccc4)n3[C@@H]3CCC[C@H](O)C3)c2CC[C@@H]1C. The van der Waals surface area contributed by atoms with Gasteiger partial charge in [-0.15, -0.1) is 0 Å². The summed E-state index contributed by atoms with van der Waals surface area (Å²) in [5, 5.41) is 20.6. The number of carboxylic acids is 1. The number of rotatable bonds is 5. The van der Waals surface area contributed by atoms with Crippen molar-refractivity contribution in [2.24, 2.45) is 0 Å². The minimum absolute atomic E-state index is 0.00641. The predicted octanol–water partition coefficient (Wildman–Crippen LogP) is 4.83. The molecule has 0 spiro atoms. The van der Waals surface area contributed by atoms with Crippen LogP contribution in [-0.2, 0) is 22.4 Å². The standard InChI is InChI=1S/C28H33N3O5/c1-17-11-12-21-23(30(17)28(35)36-2)13-14-24-26(21)29-25(31(24)19-9-6-10-20(32)15-19)16-22(27(33)34)18-7-4-3-5-8-18/h3-5,7-8,13-14,17,19-20,22,32H,6,9-12,15-16H2,1-2H3,(H,33,34)/t17-,19+,20-,22-/m0/s1. The summed E-state index contributed by atoms with van der Waals surface area (Å²) >= 11 is 0. The van der Waals surface area contributed by atoms with E-state index < -0.39 is 18.0 Å². The Kier molecular flexibility index (Phi) is 6.71. The number of nitrogens with zero attached hydrogens (tertiary/aromatic N) is 3. The molecule has 1 saturated carbocycles. The fourth-order valence-corrected chi connectivity index (χ4v) is 5.96. The van der Waals surface area contributed by atoms with E-state index in [4.69, 9.17) is 9.72 Å². The van der Waals surface area contributed by atoms with E-state index in [1.54, 1.807) is 4.90 Å². The molecule has 8 heteroatoms. The van der Waals surface area contributed by atoms with Gasteiger partial charge in [-0.25, -0.2) is 9.78 Å². The lowest BCUT2D eigenvalue weighted by molar-refractivity contribution is -0.138. The first-order valence-electron chi connectivity index (χ1n) is 12.7. The molecule has 0 saturated heterocycles. The Hall–Kier alpha value is -3.39. The van der Waals surface area contributed by atoms with Crippen LogP contribution in [0.15, 0.2) is 42.5 Å². The molecule has 1 amide bonds. The van der Waals surface area contributed by atoms with Gasteiger partial charge in [0.1, 0.15) is 5.82 Å². The third-order valence-electron chi connectivity index (χ3n) is 7.77. The van der Waals surface area contributed by atoms with Gasteiger partial charge in [0, 0.05) is 24.1 Å². The zero-order chi connectivity index (χ0) is 25.4. The van der Waals surface area contributed by atoms with Gasteiger partial charge in [0.15, 0.2) is 0 Å². The summed E-state index contributed by atoms with van der Waals surface area (Å²) < 4.78 is 7.23. The molecule has 2 aliphatic rings. The van der Waals surface area contributed by atoms with Crippen molar-refractivity contribution < 1.29 is 24.5 Å². The van der Waals surface area contributed by atoms with Gasteiger partial charge in [0.2, 0.25) is 0 Å². The minimum Gasteiger partial charge on any atom is -0.481 e. The molecule has 36 heavy (non-hydrogen) atoms. The molecular weight excluding hydrogens is 458 g/mol. The van der Waals surface area contributed by atoms with Gasteiger partial charge in [0.05, 0.1) is 35.9 Å². The highest BCUT2D eigenvalue weighted by Gasteiger charge is 2.34. The zero-order valence-corrected chi connectivity index (χ0v) is 20.8. The Morgan fingerprint density at radius 2 is 1.92 bits per heavy atom. The number of ether oxygens (including phenoxy) is 1. The number of aliphatic hydroxyl groups excluding tert-OH is 1. The molecule has 0 bridgehead atoms. The van der Waals surface area contributed by atoms with Crippen molar-refractivity contribution in [1.29, 1.82) is 0 Å². The van der Waals surface area contributed by atoms with Gasteiger partial charge in [-0.2, -0.15) is 0 Å². The number of fused-ring (bicyclic) bond motifs is 3. The summed E-state index contributed by atoms with van der Waals surface area (Å²) in [5.74, 6) is -0.925. The number of aromatic nitrogens is 2. The number of anilines is 1. The molecule has 4 atom stereocenters. The van der Waals surface area contributed by atoms with Gasteiger partial charge in [-0.3, -0.25) is 9.69 Å². The number of amides is 1. The van der Waals surface area contributed by atoms with Gasteiger partial charge in [-0.1, -0.05) is 30.3 Å². The number of benzene rings is 2. The summed E-state index contributed by atoms with van der Waals surface area (Å²) in [4.78, 5) is 31.7. The lowest BCUT2D eigenvalue weighted by atomic mass is 9.91. The number of aryl methyl sites for hydroxylation is 1. The Morgan fingerprint density at radius 3 is 2.61 bits per heavy atom. The maximum absolute atomic E-state index is 12.6. The number of carbonyl (C=O) groups excluding carboxylic acids is 1. The Morgan fingerprint density at radius 1 is 1.14 bits per heavy atom. The smallest absolute Gasteiger partial charge is 0.414 e. The zero-order valence-electron chi connectivity index (χ0n) is 20.8. The summed E-state index contributed by atoms with van der Waals surface area (Å²) in [6.07, 6.45) is 4.22. The fourth-order valence-electron chi connectivity index (χ4n) is 5.96. The van der Waals surface area contributed by atoms with Crippen molar-refractivity contribution >= 4 is 28.8 Å². The minimum atomic E-state index is -0.892. The Bertz CT molecular complexity index is 1270. The van der Waals surface area contributed by atoms with Crippen LogP contribution >= 0.6 is 0 Å². The average Bonchev–Trinajstić information content (AvgIpc) is 3.25. The van der Waals surface area contributed by atoms with E-state index in [2.05, 4.69) is 4.57 Å². The average molecular weight is 492 g/mol. The van der Waals surface area contributed by atoms with E-state index in [0.717, 1.165) is 60.0 Å². The molecule has 5 rings (SSSR count). The monoisotopic (exact) mass is 491 g/mol. The normalized spacial score (nSPS) is 22.8. The van der Waals surface area contributed by atoms with Gasteiger partial charge >= 0.3 is 12.1 Å². The maximum atomic E-state index is 12.6. The molecule has 1 aliphatic heterocycles. The number of imidazole rings is 1. The van der Waals surface area contributed by atoms with Crippen molar-refractivity contribution in [1.82, 2.24) is 9.55 Å². The topological polar surface area (TPSA) is 105 Å². The molecule has 0 radical (unpaired) electrons. The molecule has 2 heterocycles. The second kappa shape index (κ2) is 9.93. The third-order valence-corrected chi connectivity index (χ3v) is 7.77. The highest BCUT2D eigenvalue weighted by atomic mass is 16.5. The number of carboxylic acid groups (broad SMARTS) is 1. The molecule has 2 N–H and O–H groups in total. The van der Waals surface area contributed by atoms with Crippen molar-refractivity contribution in [3.05, 3.63) is 59.4 Å². The molecule has 190 valence electrons. The highest BCUT2D eigenvalue weighted by Crippen LogP contribution is 2.40. The number of aliphatic carboxylic acids is 1. The van der Waals surface area contributed by atoms with Crippen LogP contribution < -0.4 is 4.90 Å². The number of methoxy groups -OCH3 is 1. The molecule has 3 aromatic rings. The molecule has 1 aliphatic carbocycles. The van der Waals surface area contributed by atoms with Crippen molar-refractivity contribution in [3.8, 4) is 0 Å². The van der Waals surface area contributed by atoms with Crippen LogP contribution in [0.25, 0.3) is 11.0 Å². The lowest BCUT2D eigenvalue weighted by Gasteiger charge is -2.34. The number of carbonyl (C=O) groups is 2. The van der Waals surface area contributed by atoms with Gasteiger partial charge < -0.3 is 19.5 Å². The quantitative estimate of drug-likeness (QED) is 0.530. The van der Waals surface area contributed by atoms with E-state index in [1.807, 2.05) is 49.4 Å². The number of aliphatic hydroxyl groups is 1. The number of hydrogen-bond acceptors (Lipinski definition) is 5. The number of hydrogen-bond donors (Lipinski definition) is 2. The molecular formula is C28H33N3O5. The van der Waals surface area contributed by atoms with Gasteiger partial charge in [0.25, 0.3) is 0 Å². The fraction of sp³-hybridized carbons (Fsp3) is 0.464. The summed E-state index contributed by atoms with van der Waals surface area (Å²) in [6, 6.07) is 13.2. The predicted molar refractivity (Wildman–Crippen MR) is 136 cm³/mol. The van der Waals surface area contributed by atoms with Crippen molar-refractivity contribution in [2.75, 3.05) is 12.0 Å². The van der Waals surface area contributed by atoms with Crippen molar-refractivity contribution in [2.45, 2.75) is 76.0 Å². The molecule has 0 unspecified atom stereocenters. The van der Waals surface area contributed by atoms with Gasteiger partial charge in [-0.05, 0) is 63.1 Å². The maximum Gasteiger partial charge on any atom is 0.414 e. The van der Waals surface area contributed by atoms with E-state index in [1.165, 1.54) is 7.11 Å². The first-order chi connectivity index (χ1) is 17.4. The third kappa shape index (κ3) is 4.34. The van der Waals surface area contributed by atoms with E-state index in [9.17, 15) is 19.8 Å². The van der Waals surface area contributed by atoms with Crippen LogP contribution in [0.4, 0.5) is 10.5 Å². The van der Waals surface area contributed by atoms with E-state index >= 15 is 0 Å². The highest BCUT2D eigenvalue weighted by molar-refractivity contribution is 5.95. The van der Waals surface area contributed by atoms with Crippen LogP contribution in [0.2, 0.25) is 0 Å². The Labute approximate surface area is 210 Å². The molecule has 2 aromatic carbocycles. The molecule has 1 aromatic heterocycles. The largest absolute Gasteiger partial charge is 0.481 e. The van der Waals surface area contributed by atoms with E-state index in [0.29, 0.717) is 12.2 Å². The summed E-state index contributed by atoms with van der Waals surface area (Å²) in [5.41, 5.74) is 4.25. The van der Waals surface area contributed by atoms with Crippen LogP contribution in [-0.4, -0.2) is 51.1 Å². The van der Waals surface area contributed by atoms with Crippen LogP contribution in [0.3, 0.4) is 0 Å². The summed E-state index contributed by atoms with van der Waals surface area (Å²) in [6.45, 7) is 2.01. The van der Waals surface area contributed by atoms with Crippen LogP contribution in [0.1, 0.15) is 67.9 Å². The Balaban J connectivity index is 1.66. The first-order valence-corrected chi connectivity index (χ1v) is 12.7. The molecule has 1 fully saturated rings. The molecule has 8 nitrogen and oxygen atoms in total. The van der Waals surface area contributed by atoms with Crippen LogP contribution in [0.5, 0.6) is 0 Å². The second-order valence-corrected chi connectivity index (χ2v) is 10.0. The second-order valence-electron chi connectivity index (χ2n) is 10.0. The summed E-state index contributed by atoms with van der Waals surface area (Å²) in [7, 11) is 1.39. The van der Waals surface area contributed by atoms with Crippen LogP contribution in [0, 0.1) is 0 Å². The lowest BCUT2D eigenvalue weighted by Crippen LogP contribution is -2.42.